The number of aryl methyl sites for hydroxylation is 1. The van der Waals surface area contributed by atoms with Crippen molar-refractivity contribution in [2.75, 3.05) is 31.1 Å². The molecule has 0 saturated carbocycles. The van der Waals surface area contributed by atoms with Gasteiger partial charge in [-0.1, -0.05) is 0 Å². The van der Waals surface area contributed by atoms with Crippen molar-refractivity contribution in [1.82, 2.24) is 15.1 Å². The summed E-state index contributed by atoms with van der Waals surface area (Å²) >= 11 is 0. The summed E-state index contributed by atoms with van der Waals surface area (Å²) in [5, 5.41) is 7.15. The molecule has 2 heterocycles. The molecule has 0 aromatic carbocycles. The highest BCUT2D eigenvalue weighted by Crippen LogP contribution is 2.06. The van der Waals surface area contributed by atoms with Crippen LogP contribution in [0.4, 0.5) is 5.69 Å². The van der Waals surface area contributed by atoms with Crippen molar-refractivity contribution in [3.63, 3.8) is 0 Å². The summed E-state index contributed by atoms with van der Waals surface area (Å²) < 4.78 is 1.37. The summed E-state index contributed by atoms with van der Waals surface area (Å²) in [4.78, 5) is 13.8. The van der Waals surface area contributed by atoms with Crippen LogP contribution in [0.25, 0.3) is 0 Å². The van der Waals surface area contributed by atoms with Gasteiger partial charge in [0.2, 0.25) is 0 Å². The van der Waals surface area contributed by atoms with Crippen LogP contribution in [0.5, 0.6) is 0 Å². The lowest BCUT2D eigenvalue weighted by atomic mass is 10.3. The third kappa shape index (κ3) is 1.63. The zero-order valence-electron chi connectivity index (χ0n) is 8.23. The first-order valence-electron chi connectivity index (χ1n) is 4.77. The normalized spacial score (nSPS) is 17.1. The van der Waals surface area contributed by atoms with Crippen LogP contribution in [0.1, 0.15) is 0 Å². The van der Waals surface area contributed by atoms with Gasteiger partial charge in [-0.2, -0.15) is 5.10 Å². The van der Waals surface area contributed by atoms with Crippen LogP contribution in [0.2, 0.25) is 0 Å². The number of piperazine rings is 1. The van der Waals surface area contributed by atoms with Crippen LogP contribution in [0, 0.1) is 0 Å². The molecule has 1 aliphatic rings. The number of anilines is 1. The van der Waals surface area contributed by atoms with E-state index < -0.39 is 0 Å². The van der Waals surface area contributed by atoms with Gasteiger partial charge in [0.1, 0.15) is 5.69 Å². The molecule has 2 rings (SSSR count). The minimum atomic E-state index is -0.0191. The van der Waals surface area contributed by atoms with E-state index in [0.29, 0.717) is 0 Å². The molecule has 1 aliphatic heterocycles. The quantitative estimate of drug-likeness (QED) is 0.635. The summed E-state index contributed by atoms with van der Waals surface area (Å²) in [7, 11) is 1.67. The second-order valence-corrected chi connectivity index (χ2v) is 3.38. The molecule has 5 nitrogen and oxygen atoms in total. The minimum Gasteiger partial charge on any atom is -0.364 e. The largest absolute Gasteiger partial charge is 0.364 e. The van der Waals surface area contributed by atoms with E-state index in [4.69, 9.17) is 0 Å². The topological polar surface area (TPSA) is 50.2 Å². The second-order valence-electron chi connectivity index (χ2n) is 3.38. The van der Waals surface area contributed by atoms with Crippen molar-refractivity contribution < 1.29 is 0 Å². The van der Waals surface area contributed by atoms with E-state index in [2.05, 4.69) is 15.3 Å². The molecule has 1 aromatic heterocycles. The average molecular weight is 194 g/mol. The Balaban J connectivity index is 2.31. The molecular weight excluding hydrogens is 180 g/mol. The number of nitrogens with zero attached hydrogens (tertiary/aromatic N) is 3. The Hall–Kier alpha value is -1.36. The molecule has 1 fully saturated rings. The Bertz CT molecular complexity index is 367. The molecule has 0 amide bonds. The van der Waals surface area contributed by atoms with E-state index in [-0.39, 0.29) is 5.56 Å². The molecule has 0 spiro atoms. The molecule has 0 unspecified atom stereocenters. The van der Waals surface area contributed by atoms with Crippen LogP contribution in [-0.2, 0) is 7.05 Å². The van der Waals surface area contributed by atoms with E-state index >= 15 is 0 Å². The van der Waals surface area contributed by atoms with Gasteiger partial charge in [0.25, 0.3) is 5.56 Å². The van der Waals surface area contributed by atoms with Gasteiger partial charge in [0, 0.05) is 39.4 Å². The van der Waals surface area contributed by atoms with Crippen molar-refractivity contribution in [2.45, 2.75) is 0 Å². The minimum absolute atomic E-state index is 0.0191. The van der Waals surface area contributed by atoms with Crippen molar-refractivity contribution in [2.24, 2.45) is 7.05 Å². The predicted molar refractivity (Wildman–Crippen MR) is 54.6 cm³/mol. The van der Waals surface area contributed by atoms with Crippen LogP contribution < -0.4 is 15.8 Å². The van der Waals surface area contributed by atoms with Crippen molar-refractivity contribution in [3.05, 3.63) is 22.6 Å². The van der Waals surface area contributed by atoms with Crippen LogP contribution in [0.15, 0.2) is 17.1 Å². The monoisotopic (exact) mass is 194 g/mol. The fraction of sp³-hybridized carbons (Fsp3) is 0.556. The first-order chi connectivity index (χ1) is 6.79. The summed E-state index contributed by atoms with van der Waals surface area (Å²) in [5.74, 6) is 0. The van der Waals surface area contributed by atoms with Gasteiger partial charge in [-0.3, -0.25) is 4.79 Å². The first-order valence-corrected chi connectivity index (χ1v) is 4.77. The number of hydrogen-bond donors (Lipinski definition) is 1. The lowest BCUT2D eigenvalue weighted by Crippen LogP contribution is -2.46. The summed E-state index contributed by atoms with van der Waals surface area (Å²) in [6.45, 7) is 3.65. The van der Waals surface area contributed by atoms with Crippen molar-refractivity contribution >= 4 is 5.69 Å². The van der Waals surface area contributed by atoms with E-state index in [9.17, 15) is 4.79 Å². The lowest BCUT2D eigenvalue weighted by molar-refractivity contribution is 0.582. The predicted octanol–water partition coefficient (Wildman–Crippen LogP) is -0.810. The molecule has 14 heavy (non-hydrogen) atoms. The molecule has 1 aromatic rings. The number of nitrogens with one attached hydrogen (secondary N) is 1. The molecule has 1 saturated heterocycles. The van der Waals surface area contributed by atoms with Gasteiger partial charge >= 0.3 is 0 Å². The standard InChI is InChI=1S/C9H14N4O/c1-12-9(14)8(2-3-11-12)13-6-4-10-5-7-13/h2-3,10H,4-7H2,1H3. The Morgan fingerprint density at radius 1 is 1.43 bits per heavy atom. The molecule has 5 heteroatoms. The van der Waals surface area contributed by atoms with Gasteiger partial charge in [0.15, 0.2) is 0 Å². The van der Waals surface area contributed by atoms with E-state index in [0.717, 1.165) is 31.9 Å². The van der Waals surface area contributed by atoms with E-state index in [1.807, 2.05) is 0 Å². The lowest BCUT2D eigenvalue weighted by Gasteiger charge is -2.28. The molecule has 0 radical (unpaired) electrons. The zero-order chi connectivity index (χ0) is 9.97. The van der Waals surface area contributed by atoms with Gasteiger partial charge in [-0.05, 0) is 6.07 Å². The van der Waals surface area contributed by atoms with E-state index in [1.54, 1.807) is 19.3 Å². The Morgan fingerprint density at radius 3 is 2.86 bits per heavy atom. The molecule has 0 aliphatic carbocycles. The number of rotatable bonds is 1. The zero-order valence-corrected chi connectivity index (χ0v) is 8.23. The van der Waals surface area contributed by atoms with E-state index in [1.165, 1.54) is 4.68 Å². The maximum atomic E-state index is 11.7. The van der Waals surface area contributed by atoms with Crippen LogP contribution in [0.3, 0.4) is 0 Å². The van der Waals surface area contributed by atoms with Gasteiger partial charge in [0.05, 0.1) is 0 Å². The summed E-state index contributed by atoms with van der Waals surface area (Å²) in [6.07, 6.45) is 1.67. The van der Waals surface area contributed by atoms with Crippen LogP contribution in [-0.4, -0.2) is 36.0 Å². The number of aromatic nitrogens is 2. The maximum absolute atomic E-state index is 11.7. The van der Waals surface area contributed by atoms with Crippen LogP contribution >= 0.6 is 0 Å². The highest BCUT2D eigenvalue weighted by molar-refractivity contribution is 5.43. The molecule has 0 bridgehead atoms. The van der Waals surface area contributed by atoms with Gasteiger partial charge in [-0.15, -0.1) is 0 Å². The summed E-state index contributed by atoms with van der Waals surface area (Å²) in [6, 6.07) is 1.79. The summed E-state index contributed by atoms with van der Waals surface area (Å²) in [5.41, 5.74) is 0.735. The Labute approximate surface area is 82.3 Å². The van der Waals surface area contributed by atoms with Crippen molar-refractivity contribution in [1.29, 1.82) is 0 Å². The number of hydrogen-bond acceptors (Lipinski definition) is 4. The Morgan fingerprint density at radius 2 is 2.14 bits per heavy atom. The Kier molecular flexibility index (Phi) is 2.49. The highest BCUT2D eigenvalue weighted by Gasteiger charge is 2.13. The average Bonchev–Trinajstić information content (AvgIpc) is 2.23. The van der Waals surface area contributed by atoms with Gasteiger partial charge < -0.3 is 10.2 Å². The fourth-order valence-corrected chi connectivity index (χ4v) is 1.64. The first kappa shape index (κ1) is 9.21. The maximum Gasteiger partial charge on any atom is 0.290 e. The molecule has 1 N–H and O–H groups in total. The SMILES string of the molecule is Cn1nccc(N2CCNCC2)c1=O. The molecule has 0 atom stereocenters. The van der Waals surface area contributed by atoms with Crippen molar-refractivity contribution in [3.8, 4) is 0 Å². The molecule has 76 valence electrons. The van der Waals surface area contributed by atoms with Gasteiger partial charge in [-0.25, -0.2) is 4.68 Å². The fourth-order valence-electron chi connectivity index (χ4n) is 1.64. The molecular formula is C9H14N4O. The third-order valence-corrected chi connectivity index (χ3v) is 2.44. The third-order valence-electron chi connectivity index (χ3n) is 2.44. The second kappa shape index (κ2) is 3.79. The smallest absolute Gasteiger partial charge is 0.290 e. The highest BCUT2D eigenvalue weighted by atomic mass is 16.1.